The summed E-state index contributed by atoms with van der Waals surface area (Å²) in [5, 5.41) is 13.8. The second kappa shape index (κ2) is 6.25. The SMILES string of the molecule is CC(NCc1cccc(F)c1)c1ccc([N+](=O)[O-])cc1. The first-order chi connectivity index (χ1) is 9.56. The predicted octanol–water partition coefficient (Wildman–Crippen LogP) is 3.58. The Morgan fingerprint density at radius 1 is 1.25 bits per heavy atom. The van der Waals surface area contributed by atoms with Gasteiger partial charge in [0.2, 0.25) is 0 Å². The summed E-state index contributed by atoms with van der Waals surface area (Å²) >= 11 is 0. The zero-order valence-corrected chi connectivity index (χ0v) is 11.0. The topological polar surface area (TPSA) is 55.2 Å². The summed E-state index contributed by atoms with van der Waals surface area (Å²) in [7, 11) is 0. The minimum absolute atomic E-state index is 0.0269. The van der Waals surface area contributed by atoms with Crippen molar-refractivity contribution in [2.45, 2.75) is 19.5 Å². The summed E-state index contributed by atoms with van der Waals surface area (Å²) in [6.45, 7) is 2.50. The summed E-state index contributed by atoms with van der Waals surface area (Å²) in [4.78, 5) is 10.2. The van der Waals surface area contributed by atoms with Crippen molar-refractivity contribution in [2.75, 3.05) is 0 Å². The minimum atomic E-state index is -0.422. The number of nitrogens with one attached hydrogen (secondary N) is 1. The van der Waals surface area contributed by atoms with Gasteiger partial charge in [-0.2, -0.15) is 0 Å². The lowest BCUT2D eigenvalue weighted by Gasteiger charge is -2.14. The first-order valence-corrected chi connectivity index (χ1v) is 6.28. The summed E-state index contributed by atoms with van der Waals surface area (Å²) in [6.07, 6.45) is 0. The number of nitro groups is 1. The van der Waals surface area contributed by atoms with Gasteiger partial charge >= 0.3 is 0 Å². The van der Waals surface area contributed by atoms with Gasteiger partial charge in [-0.1, -0.05) is 24.3 Å². The zero-order valence-electron chi connectivity index (χ0n) is 11.0. The number of nitrogens with zero attached hydrogens (tertiary/aromatic N) is 1. The molecule has 104 valence electrons. The van der Waals surface area contributed by atoms with E-state index in [0.717, 1.165) is 11.1 Å². The monoisotopic (exact) mass is 274 g/mol. The van der Waals surface area contributed by atoms with Gasteiger partial charge in [0.15, 0.2) is 0 Å². The lowest BCUT2D eigenvalue weighted by Crippen LogP contribution is -2.18. The molecule has 2 rings (SSSR count). The Hall–Kier alpha value is -2.27. The number of rotatable bonds is 5. The molecule has 0 saturated carbocycles. The van der Waals surface area contributed by atoms with Crippen LogP contribution in [0.15, 0.2) is 48.5 Å². The third-order valence-electron chi connectivity index (χ3n) is 3.11. The molecular weight excluding hydrogens is 259 g/mol. The normalized spacial score (nSPS) is 12.1. The molecule has 0 bridgehead atoms. The van der Waals surface area contributed by atoms with Gasteiger partial charge in [0, 0.05) is 24.7 Å². The highest BCUT2D eigenvalue weighted by atomic mass is 19.1. The number of non-ortho nitro benzene ring substituents is 1. The largest absolute Gasteiger partial charge is 0.306 e. The molecule has 4 nitrogen and oxygen atoms in total. The van der Waals surface area contributed by atoms with E-state index in [1.165, 1.54) is 24.3 Å². The van der Waals surface area contributed by atoms with Gasteiger partial charge in [0.25, 0.3) is 5.69 Å². The molecule has 2 aromatic carbocycles. The molecule has 0 aliphatic carbocycles. The molecule has 20 heavy (non-hydrogen) atoms. The fourth-order valence-electron chi connectivity index (χ4n) is 1.92. The molecule has 0 aliphatic heterocycles. The molecule has 0 aromatic heterocycles. The van der Waals surface area contributed by atoms with E-state index >= 15 is 0 Å². The molecule has 1 atom stereocenters. The van der Waals surface area contributed by atoms with Gasteiger partial charge in [-0.3, -0.25) is 10.1 Å². The van der Waals surface area contributed by atoms with Crippen molar-refractivity contribution < 1.29 is 9.31 Å². The maximum Gasteiger partial charge on any atom is 0.269 e. The van der Waals surface area contributed by atoms with Gasteiger partial charge in [-0.05, 0) is 30.2 Å². The number of halogens is 1. The van der Waals surface area contributed by atoms with Crippen LogP contribution in [0.5, 0.6) is 0 Å². The molecule has 1 N–H and O–H groups in total. The Kier molecular flexibility index (Phi) is 4.42. The third kappa shape index (κ3) is 3.61. The van der Waals surface area contributed by atoms with Crippen molar-refractivity contribution in [1.82, 2.24) is 5.32 Å². The summed E-state index contributed by atoms with van der Waals surface area (Å²) in [5.74, 6) is -0.257. The Bertz CT molecular complexity index is 599. The lowest BCUT2D eigenvalue weighted by atomic mass is 10.1. The highest BCUT2D eigenvalue weighted by Gasteiger charge is 2.08. The quantitative estimate of drug-likeness (QED) is 0.669. The van der Waals surface area contributed by atoms with Crippen LogP contribution in [-0.4, -0.2) is 4.92 Å². The lowest BCUT2D eigenvalue weighted by molar-refractivity contribution is -0.384. The van der Waals surface area contributed by atoms with Crippen LogP contribution in [0.4, 0.5) is 10.1 Å². The average molecular weight is 274 g/mol. The Labute approximate surface area is 116 Å². The molecule has 0 spiro atoms. The molecule has 0 amide bonds. The Balaban J connectivity index is 1.97. The van der Waals surface area contributed by atoms with Gasteiger partial charge in [0.1, 0.15) is 5.82 Å². The van der Waals surface area contributed by atoms with Gasteiger partial charge in [-0.15, -0.1) is 0 Å². The smallest absolute Gasteiger partial charge is 0.269 e. The predicted molar refractivity (Wildman–Crippen MR) is 74.8 cm³/mol. The summed E-state index contributed by atoms with van der Waals surface area (Å²) < 4.78 is 13.0. The maximum absolute atomic E-state index is 13.0. The molecule has 2 aromatic rings. The Morgan fingerprint density at radius 3 is 2.55 bits per heavy atom. The van der Waals surface area contributed by atoms with E-state index in [1.807, 2.05) is 13.0 Å². The van der Waals surface area contributed by atoms with Crippen molar-refractivity contribution in [1.29, 1.82) is 0 Å². The summed E-state index contributed by atoms with van der Waals surface area (Å²) in [5.41, 5.74) is 1.89. The second-order valence-electron chi connectivity index (χ2n) is 4.58. The molecule has 0 heterocycles. The van der Waals surface area contributed by atoms with Gasteiger partial charge in [0.05, 0.1) is 4.92 Å². The molecule has 1 unspecified atom stereocenters. The zero-order chi connectivity index (χ0) is 14.5. The van der Waals surface area contributed by atoms with E-state index < -0.39 is 4.92 Å². The van der Waals surface area contributed by atoms with Crippen LogP contribution in [0.3, 0.4) is 0 Å². The van der Waals surface area contributed by atoms with Crippen LogP contribution in [0.1, 0.15) is 24.1 Å². The molecular formula is C15H15FN2O2. The molecule has 0 saturated heterocycles. The van der Waals surface area contributed by atoms with Crippen molar-refractivity contribution in [2.24, 2.45) is 0 Å². The van der Waals surface area contributed by atoms with E-state index in [-0.39, 0.29) is 17.5 Å². The summed E-state index contributed by atoms with van der Waals surface area (Å²) in [6, 6.07) is 12.8. The van der Waals surface area contributed by atoms with Crippen LogP contribution in [0.2, 0.25) is 0 Å². The molecule has 5 heteroatoms. The highest BCUT2D eigenvalue weighted by molar-refractivity contribution is 5.34. The van der Waals surface area contributed by atoms with Gasteiger partial charge in [-0.25, -0.2) is 4.39 Å². The van der Waals surface area contributed by atoms with Crippen LogP contribution in [0, 0.1) is 15.9 Å². The first kappa shape index (κ1) is 14.1. The molecule has 0 radical (unpaired) electrons. The van der Waals surface area contributed by atoms with E-state index in [4.69, 9.17) is 0 Å². The van der Waals surface area contributed by atoms with Crippen LogP contribution >= 0.6 is 0 Å². The fraction of sp³-hybridized carbons (Fsp3) is 0.200. The van der Waals surface area contributed by atoms with Gasteiger partial charge < -0.3 is 5.32 Å². The van der Waals surface area contributed by atoms with Crippen molar-refractivity contribution >= 4 is 5.69 Å². The standard InChI is InChI=1S/C15H15FN2O2/c1-11(13-5-7-15(8-6-13)18(19)20)17-10-12-3-2-4-14(16)9-12/h2-9,11,17H,10H2,1H3. The van der Waals surface area contributed by atoms with Crippen LogP contribution in [-0.2, 0) is 6.54 Å². The van der Waals surface area contributed by atoms with E-state index in [0.29, 0.717) is 6.54 Å². The number of hydrogen-bond donors (Lipinski definition) is 1. The average Bonchev–Trinajstić information content (AvgIpc) is 2.45. The molecule has 0 fully saturated rings. The highest BCUT2D eigenvalue weighted by Crippen LogP contribution is 2.18. The third-order valence-corrected chi connectivity index (χ3v) is 3.11. The van der Waals surface area contributed by atoms with Crippen LogP contribution < -0.4 is 5.32 Å². The van der Waals surface area contributed by atoms with E-state index in [9.17, 15) is 14.5 Å². The maximum atomic E-state index is 13.0. The van der Waals surface area contributed by atoms with Crippen molar-refractivity contribution in [3.63, 3.8) is 0 Å². The number of benzene rings is 2. The fourth-order valence-corrected chi connectivity index (χ4v) is 1.92. The van der Waals surface area contributed by atoms with Crippen molar-refractivity contribution in [3.8, 4) is 0 Å². The second-order valence-corrected chi connectivity index (χ2v) is 4.58. The Morgan fingerprint density at radius 2 is 1.95 bits per heavy atom. The number of hydrogen-bond acceptors (Lipinski definition) is 3. The van der Waals surface area contributed by atoms with Crippen LogP contribution in [0.25, 0.3) is 0 Å². The molecule has 0 aliphatic rings. The van der Waals surface area contributed by atoms with E-state index in [1.54, 1.807) is 18.2 Å². The van der Waals surface area contributed by atoms with E-state index in [2.05, 4.69) is 5.32 Å². The van der Waals surface area contributed by atoms with Crippen molar-refractivity contribution in [3.05, 3.63) is 75.6 Å². The minimum Gasteiger partial charge on any atom is -0.306 e. The number of nitro benzene ring substituents is 1. The first-order valence-electron chi connectivity index (χ1n) is 6.28.